The number of carbonyl (C=O) groups excluding carboxylic acids is 4. The number of hydrogen-bond acceptors (Lipinski definition) is 9. The van der Waals surface area contributed by atoms with Crippen molar-refractivity contribution in [3.05, 3.63) is 36.0 Å². The molecule has 1 aromatic heterocycles. The highest BCUT2D eigenvalue weighted by Crippen LogP contribution is 2.27. The van der Waals surface area contributed by atoms with E-state index in [2.05, 4.69) is 10.3 Å². The molecule has 156 valence electrons. The smallest absolute Gasteiger partial charge is 0.263 e. The van der Waals surface area contributed by atoms with Crippen LogP contribution in [0.1, 0.15) is 0 Å². The maximum Gasteiger partial charge on any atom is 0.263 e. The Kier molecular flexibility index (Phi) is 5.33. The van der Waals surface area contributed by atoms with E-state index in [1.54, 1.807) is 12.1 Å². The Morgan fingerprint density at radius 3 is 2.80 bits per heavy atom. The van der Waals surface area contributed by atoms with Crippen LogP contribution in [0.2, 0.25) is 0 Å². The van der Waals surface area contributed by atoms with Crippen molar-refractivity contribution in [3.8, 4) is 0 Å². The van der Waals surface area contributed by atoms with Crippen molar-refractivity contribution in [2.75, 3.05) is 39.3 Å². The van der Waals surface area contributed by atoms with Crippen LogP contribution in [-0.2, 0) is 23.9 Å². The third-order valence-electron chi connectivity index (χ3n) is 4.88. The van der Waals surface area contributed by atoms with Crippen LogP contribution in [0.15, 0.2) is 36.0 Å². The van der Waals surface area contributed by atoms with E-state index in [4.69, 9.17) is 4.74 Å². The third kappa shape index (κ3) is 3.47. The number of fused-ring (bicyclic) bond motifs is 2. The molecule has 1 fully saturated rings. The molecule has 2 aliphatic heterocycles. The van der Waals surface area contributed by atoms with E-state index in [0.29, 0.717) is 18.3 Å². The second kappa shape index (κ2) is 7.94. The lowest BCUT2D eigenvalue weighted by atomic mass is 9.96. The monoisotopic (exact) mass is 429 g/mol. The molecule has 1 atom stereocenters. The Balaban J connectivity index is 1.58. The molecule has 10 nitrogen and oxygen atoms in total. The molecule has 0 saturated carbocycles. The molecule has 2 aromatic rings. The first-order chi connectivity index (χ1) is 14.4. The SMILES string of the molecule is COCCN1CN(C)N2C=C(C(=O)Nc3nc4ccccc4s3)C(=O)C(=O)C2C1=O. The van der Waals surface area contributed by atoms with Crippen LogP contribution in [0, 0.1) is 0 Å². The molecule has 2 amide bonds. The largest absolute Gasteiger partial charge is 0.383 e. The predicted molar refractivity (Wildman–Crippen MR) is 108 cm³/mol. The van der Waals surface area contributed by atoms with Gasteiger partial charge in [-0.15, -0.1) is 0 Å². The Bertz CT molecular complexity index is 1050. The highest BCUT2D eigenvalue weighted by Gasteiger charge is 2.48. The summed E-state index contributed by atoms with van der Waals surface area (Å²) in [5.74, 6) is -3.17. The van der Waals surface area contributed by atoms with Crippen molar-refractivity contribution in [2.45, 2.75) is 6.04 Å². The van der Waals surface area contributed by atoms with Crippen LogP contribution in [0.25, 0.3) is 10.2 Å². The van der Waals surface area contributed by atoms with Gasteiger partial charge in [-0.2, -0.15) is 0 Å². The molecule has 0 bridgehead atoms. The van der Waals surface area contributed by atoms with Crippen LogP contribution in [0.5, 0.6) is 0 Å². The quantitative estimate of drug-likeness (QED) is 0.409. The number of amides is 2. The van der Waals surface area contributed by atoms with Gasteiger partial charge in [0.2, 0.25) is 11.6 Å². The summed E-state index contributed by atoms with van der Waals surface area (Å²) >= 11 is 1.26. The lowest BCUT2D eigenvalue weighted by molar-refractivity contribution is -0.170. The summed E-state index contributed by atoms with van der Waals surface area (Å²) < 4.78 is 5.87. The molecular weight excluding hydrogens is 410 g/mol. The minimum Gasteiger partial charge on any atom is -0.383 e. The Morgan fingerprint density at radius 2 is 2.07 bits per heavy atom. The average Bonchev–Trinajstić information content (AvgIpc) is 3.13. The second-order valence-corrected chi connectivity index (χ2v) is 7.88. The molecule has 11 heteroatoms. The summed E-state index contributed by atoms with van der Waals surface area (Å²) in [6, 6.07) is 6.05. The zero-order chi connectivity index (χ0) is 21.4. The summed E-state index contributed by atoms with van der Waals surface area (Å²) in [6.45, 7) is 0.795. The number of thiazole rings is 1. The van der Waals surface area contributed by atoms with E-state index in [1.165, 1.54) is 34.6 Å². The average molecular weight is 429 g/mol. The van der Waals surface area contributed by atoms with Crippen LogP contribution in [0.3, 0.4) is 0 Å². The minimum absolute atomic E-state index is 0.198. The van der Waals surface area contributed by atoms with Gasteiger partial charge in [0.25, 0.3) is 11.8 Å². The number of methoxy groups -OCH3 is 1. The van der Waals surface area contributed by atoms with Gasteiger partial charge in [-0.05, 0) is 12.1 Å². The maximum atomic E-state index is 12.7. The van der Waals surface area contributed by atoms with Crippen molar-refractivity contribution in [1.29, 1.82) is 0 Å². The van der Waals surface area contributed by atoms with Gasteiger partial charge in [0.05, 0.1) is 23.5 Å². The van der Waals surface area contributed by atoms with Crippen LogP contribution in [0.4, 0.5) is 5.13 Å². The van der Waals surface area contributed by atoms with Crippen molar-refractivity contribution >= 4 is 50.1 Å². The second-order valence-electron chi connectivity index (χ2n) is 6.85. The first-order valence-corrected chi connectivity index (χ1v) is 9.96. The van der Waals surface area contributed by atoms with Gasteiger partial charge in [0, 0.05) is 26.9 Å². The summed E-state index contributed by atoms with van der Waals surface area (Å²) in [6.07, 6.45) is 1.25. The number of rotatable bonds is 5. The van der Waals surface area contributed by atoms with Crippen molar-refractivity contribution < 1.29 is 23.9 Å². The number of carbonyl (C=O) groups is 4. The van der Waals surface area contributed by atoms with E-state index >= 15 is 0 Å². The standard InChI is InChI=1S/C19H19N5O5S/c1-22-10-23(7-8-29-2)18(28)14-16(26)15(25)11(9-24(14)22)17(27)21-19-20-12-5-3-4-6-13(12)30-19/h3-6,9,14H,7-8,10H2,1-2H3,(H,20,21,27). The number of anilines is 1. The summed E-state index contributed by atoms with van der Waals surface area (Å²) in [5, 5.41) is 5.84. The molecule has 0 spiro atoms. The minimum atomic E-state index is -1.31. The fourth-order valence-corrected chi connectivity index (χ4v) is 4.22. The molecule has 0 radical (unpaired) electrons. The number of ether oxygens (including phenoxy) is 1. The molecule has 1 saturated heterocycles. The van der Waals surface area contributed by atoms with Gasteiger partial charge >= 0.3 is 0 Å². The number of nitrogens with zero attached hydrogens (tertiary/aromatic N) is 4. The molecule has 0 aliphatic carbocycles. The van der Waals surface area contributed by atoms with Crippen LogP contribution < -0.4 is 5.32 Å². The van der Waals surface area contributed by atoms with E-state index < -0.39 is 29.4 Å². The summed E-state index contributed by atoms with van der Waals surface area (Å²) in [7, 11) is 3.18. The number of nitrogens with one attached hydrogen (secondary N) is 1. The first kappa shape index (κ1) is 20.1. The number of hydrogen-bond donors (Lipinski definition) is 1. The van der Waals surface area contributed by atoms with Crippen molar-refractivity contribution in [3.63, 3.8) is 0 Å². The summed E-state index contributed by atoms with van der Waals surface area (Å²) in [5.41, 5.74) is 0.385. The zero-order valence-electron chi connectivity index (χ0n) is 16.3. The van der Waals surface area contributed by atoms with Gasteiger partial charge < -0.3 is 9.64 Å². The maximum absolute atomic E-state index is 12.7. The topological polar surface area (TPSA) is 112 Å². The van der Waals surface area contributed by atoms with E-state index in [1.807, 2.05) is 24.3 Å². The normalized spacial score (nSPS) is 19.9. The van der Waals surface area contributed by atoms with Crippen molar-refractivity contribution in [1.82, 2.24) is 19.9 Å². The third-order valence-corrected chi connectivity index (χ3v) is 5.83. The Morgan fingerprint density at radius 1 is 1.30 bits per heavy atom. The van der Waals surface area contributed by atoms with E-state index in [0.717, 1.165) is 10.2 Å². The number of benzene rings is 1. The number of para-hydroxylation sites is 1. The number of aromatic nitrogens is 1. The fraction of sp³-hybridized carbons (Fsp3) is 0.316. The number of hydrazine groups is 1. The van der Waals surface area contributed by atoms with Crippen LogP contribution in [-0.4, -0.2) is 83.3 Å². The highest BCUT2D eigenvalue weighted by molar-refractivity contribution is 7.22. The Hall–Kier alpha value is -3.15. The molecule has 1 unspecified atom stereocenters. The lowest BCUT2D eigenvalue weighted by Crippen LogP contribution is -2.67. The highest BCUT2D eigenvalue weighted by atomic mass is 32.1. The van der Waals surface area contributed by atoms with Gasteiger partial charge in [-0.1, -0.05) is 23.5 Å². The number of Topliss-reactive ketones (excluding diaryl/α,β-unsaturated/α-hetero) is 2. The van der Waals surface area contributed by atoms with Gasteiger partial charge in [0.15, 0.2) is 11.2 Å². The molecule has 1 aromatic carbocycles. The van der Waals surface area contributed by atoms with Gasteiger partial charge in [0.1, 0.15) is 5.57 Å². The fourth-order valence-electron chi connectivity index (χ4n) is 3.36. The molecule has 30 heavy (non-hydrogen) atoms. The lowest BCUT2D eigenvalue weighted by Gasteiger charge is -2.46. The van der Waals surface area contributed by atoms with E-state index in [-0.39, 0.29) is 12.2 Å². The van der Waals surface area contributed by atoms with E-state index in [9.17, 15) is 19.2 Å². The predicted octanol–water partition coefficient (Wildman–Crippen LogP) is 0.234. The molecular formula is C19H19N5O5S. The van der Waals surface area contributed by atoms with Crippen molar-refractivity contribution in [2.24, 2.45) is 0 Å². The molecule has 2 aliphatic rings. The molecule has 3 heterocycles. The Labute approximate surface area is 175 Å². The number of ketones is 2. The van der Waals surface area contributed by atoms with Crippen LogP contribution >= 0.6 is 11.3 Å². The first-order valence-electron chi connectivity index (χ1n) is 9.15. The molecule has 4 rings (SSSR count). The zero-order valence-corrected chi connectivity index (χ0v) is 17.1. The van der Waals surface area contributed by atoms with Gasteiger partial charge in [-0.25, -0.2) is 9.99 Å². The molecule has 1 N–H and O–H groups in total. The van der Waals surface area contributed by atoms with Gasteiger partial charge in [-0.3, -0.25) is 29.5 Å². The summed E-state index contributed by atoms with van der Waals surface area (Å²) in [4.78, 5) is 56.5.